The molecule has 0 aliphatic carbocycles. The molecule has 0 amide bonds. The standard InChI is InChI=1S/C28H18ClN3O3/c1-17-5-12-21(15-22(17)27(33)34)35-28-31-25-14-20(23(29)16-26(25)32-28)11-8-18-6-9-19(10-7-18)24-4-2-3-13-30-24/h2-7,9-10,12-16H,1H3,(H,31,32)(H,33,34). The number of rotatable bonds is 4. The second-order valence-electron chi connectivity index (χ2n) is 7.82. The first-order chi connectivity index (χ1) is 17.0. The highest BCUT2D eigenvalue weighted by molar-refractivity contribution is 6.32. The Morgan fingerprint density at radius 3 is 2.60 bits per heavy atom. The number of aryl methyl sites for hydroxylation is 1. The van der Waals surface area contributed by atoms with Crippen molar-refractivity contribution in [3.05, 3.63) is 106 Å². The predicted molar refractivity (Wildman–Crippen MR) is 135 cm³/mol. The molecular formula is C28H18ClN3O3. The van der Waals surface area contributed by atoms with E-state index >= 15 is 0 Å². The fraction of sp³-hybridized carbons (Fsp3) is 0.0357. The van der Waals surface area contributed by atoms with Crippen LogP contribution in [-0.4, -0.2) is 26.0 Å². The second-order valence-corrected chi connectivity index (χ2v) is 8.22. The van der Waals surface area contributed by atoms with E-state index in [0.717, 1.165) is 16.8 Å². The number of H-pyrrole nitrogens is 1. The van der Waals surface area contributed by atoms with Gasteiger partial charge in [0, 0.05) is 22.9 Å². The van der Waals surface area contributed by atoms with Crippen LogP contribution in [0.15, 0.2) is 79.0 Å². The molecule has 170 valence electrons. The quantitative estimate of drug-likeness (QED) is 0.288. The maximum atomic E-state index is 11.4. The lowest BCUT2D eigenvalue weighted by Gasteiger charge is -2.05. The van der Waals surface area contributed by atoms with Gasteiger partial charge >= 0.3 is 5.97 Å². The molecule has 6 nitrogen and oxygen atoms in total. The summed E-state index contributed by atoms with van der Waals surface area (Å²) in [6, 6.07) is 22.2. The number of nitrogens with one attached hydrogen (secondary N) is 1. The van der Waals surface area contributed by atoms with Crippen molar-refractivity contribution in [2.45, 2.75) is 6.92 Å². The first-order valence-electron chi connectivity index (χ1n) is 10.7. The molecule has 0 radical (unpaired) electrons. The number of benzene rings is 3. The Morgan fingerprint density at radius 2 is 1.86 bits per heavy atom. The van der Waals surface area contributed by atoms with Crippen LogP contribution in [0.3, 0.4) is 0 Å². The van der Waals surface area contributed by atoms with E-state index in [9.17, 15) is 9.90 Å². The van der Waals surface area contributed by atoms with E-state index < -0.39 is 5.97 Å². The zero-order valence-electron chi connectivity index (χ0n) is 18.5. The van der Waals surface area contributed by atoms with E-state index in [1.807, 2.05) is 42.5 Å². The number of hydrogen-bond acceptors (Lipinski definition) is 4. The van der Waals surface area contributed by atoms with Crippen LogP contribution < -0.4 is 4.74 Å². The molecule has 0 spiro atoms. The largest absolute Gasteiger partial charge is 0.478 e. The van der Waals surface area contributed by atoms with E-state index in [4.69, 9.17) is 16.3 Å². The van der Waals surface area contributed by atoms with Crippen LogP contribution in [0.1, 0.15) is 27.0 Å². The third-order valence-corrected chi connectivity index (χ3v) is 5.70. The SMILES string of the molecule is Cc1ccc(Oc2nc3cc(C#Cc4ccc(-c5ccccn5)cc4)c(Cl)cc3[nH]2)cc1C(=O)O. The molecule has 3 aromatic carbocycles. The number of aromatic nitrogens is 3. The first kappa shape index (κ1) is 22.2. The highest BCUT2D eigenvalue weighted by Crippen LogP contribution is 2.27. The van der Waals surface area contributed by atoms with Crippen molar-refractivity contribution in [3.63, 3.8) is 0 Å². The van der Waals surface area contributed by atoms with Gasteiger partial charge in [-0.05, 0) is 61.0 Å². The third-order valence-electron chi connectivity index (χ3n) is 5.39. The predicted octanol–water partition coefficient (Wildman–Crippen LogP) is 6.48. The van der Waals surface area contributed by atoms with Gasteiger partial charge in [-0.15, -0.1) is 0 Å². The summed E-state index contributed by atoms with van der Waals surface area (Å²) in [5.74, 6) is 5.60. The van der Waals surface area contributed by atoms with Crippen molar-refractivity contribution in [3.8, 4) is 34.9 Å². The van der Waals surface area contributed by atoms with Gasteiger partial charge in [0.05, 0.1) is 27.3 Å². The van der Waals surface area contributed by atoms with Crippen LogP contribution in [0.25, 0.3) is 22.3 Å². The summed E-state index contributed by atoms with van der Waals surface area (Å²) in [6.07, 6.45) is 1.76. The minimum Gasteiger partial charge on any atom is -0.478 e. The maximum absolute atomic E-state index is 11.4. The van der Waals surface area contributed by atoms with Gasteiger partial charge < -0.3 is 14.8 Å². The van der Waals surface area contributed by atoms with Crippen LogP contribution in [0.2, 0.25) is 5.02 Å². The summed E-state index contributed by atoms with van der Waals surface area (Å²) in [5, 5.41) is 9.80. The van der Waals surface area contributed by atoms with Crippen molar-refractivity contribution in [2.75, 3.05) is 0 Å². The minimum absolute atomic E-state index is 0.173. The van der Waals surface area contributed by atoms with Gasteiger partial charge in [-0.25, -0.2) is 4.79 Å². The molecule has 5 rings (SSSR count). The fourth-order valence-electron chi connectivity index (χ4n) is 3.56. The average Bonchev–Trinajstić information content (AvgIpc) is 3.25. The van der Waals surface area contributed by atoms with Gasteiger partial charge in [0.2, 0.25) is 0 Å². The molecule has 0 fully saturated rings. The number of fused-ring (bicyclic) bond motifs is 1. The van der Waals surface area contributed by atoms with Crippen LogP contribution in [0, 0.1) is 18.8 Å². The number of ether oxygens (including phenoxy) is 1. The zero-order chi connectivity index (χ0) is 24.4. The van der Waals surface area contributed by atoms with Crippen molar-refractivity contribution >= 4 is 28.6 Å². The van der Waals surface area contributed by atoms with Gasteiger partial charge in [0.1, 0.15) is 5.75 Å². The monoisotopic (exact) mass is 479 g/mol. The van der Waals surface area contributed by atoms with E-state index in [1.54, 1.807) is 37.4 Å². The summed E-state index contributed by atoms with van der Waals surface area (Å²) >= 11 is 6.45. The molecule has 0 unspecified atom stereocenters. The Kier molecular flexibility index (Phi) is 5.92. The molecule has 0 aliphatic rings. The van der Waals surface area contributed by atoms with Crippen molar-refractivity contribution in [1.82, 2.24) is 15.0 Å². The molecule has 0 saturated heterocycles. The van der Waals surface area contributed by atoms with Crippen LogP contribution in [0.4, 0.5) is 0 Å². The second kappa shape index (κ2) is 9.34. The summed E-state index contributed by atoms with van der Waals surface area (Å²) in [4.78, 5) is 23.2. The molecule has 0 bridgehead atoms. The van der Waals surface area contributed by atoms with Crippen LogP contribution in [-0.2, 0) is 0 Å². The number of carboxylic acids is 1. The van der Waals surface area contributed by atoms with Crippen molar-refractivity contribution < 1.29 is 14.6 Å². The van der Waals surface area contributed by atoms with Crippen molar-refractivity contribution in [2.24, 2.45) is 0 Å². The van der Waals surface area contributed by atoms with Gasteiger partial charge in [0.15, 0.2) is 0 Å². The lowest BCUT2D eigenvalue weighted by Crippen LogP contribution is -2.00. The molecule has 0 saturated carbocycles. The van der Waals surface area contributed by atoms with Gasteiger partial charge in [-0.2, -0.15) is 4.98 Å². The number of carbonyl (C=O) groups is 1. The Labute approximate surface area is 206 Å². The van der Waals surface area contributed by atoms with Gasteiger partial charge in [0.25, 0.3) is 6.01 Å². The Balaban J connectivity index is 1.38. The number of aromatic amines is 1. The number of hydrogen-bond donors (Lipinski definition) is 2. The molecule has 2 heterocycles. The number of nitrogens with zero attached hydrogens (tertiary/aromatic N) is 2. The summed E-state index contributed by atoms with van der Waals surface area (Å²) in [5.41, 5.74) is 5.54. The highest BCUT2D eigenvalue weighted by atomic mass is 35.5. The molecule has 5 aromatic rings. The zero-order valence-corrected chi connectivity index (χ0v) is 19.3. The molecule has 35 heavy (non-hydrogen) atoms. The van der Waals surface area contributed by atoms with E-state index in [-0.39, 0.29) is 11.6 Å². The number of imidazole rings is 1. The normalized spacial score (nSPS) is 10.6. The van der Waals surface area contributed by atoms with E-state index in [0.29, 0.717) is 32.9 Å². The lowest BCUT2D eigenvalue weighted by atomic mass is 10.1. The van der Waals surface area contributed by atoms with Gasteiger partial charge in [-0.1, -0.05) is 47.7 Å². The van der Waals surface area contributed by atoms with E-state index in [1.165, 1.54) is 6.07 Å². The Bertz CT molecular complexity index is 1620. The molecule has 0 atom stereocenters. The maximum Gasteiger partial charge on any atom is 0.336 e. The summed E-state index contributed by atoms with van der Waals surface area (Å²) in [6.45, 7) is 1.73. The molecule has 2 aromatic heterocycles. The fourth-order valence-corrected chi connectivity index (χ4v) is 3.77. The number of carboxylic acid groups (broad SMARTS) is 1. The van der Waals surface area contributed by atoms with Crippen LogP contribution in [0.5, 0.6) is 11.8 Å². The number of halogens is 1. The topological polar surface area (TPSA) is 88.1 Å². The average molecular weight is 480 g/mol. The molecule has 7 heteroatoms. The van der Waals surface area contributed by atoms with Crippen molar-refractivity contribution in [1.29, 1.82) is 0 Å². The molecule has 2 N–H and O–H groups in total. The minimum atomic E-state index is -1.01. The van der Waals surface area contributed by atoms with E-state index in [2.05, 4.69) is 26.8 Å². The highest BCUT2D eigenvalue weighted by Gasteiger charge is 2.12. The number of pyridine rings is 1. The summed E-state index contributed by atoms with van der Waals surface area (Å²) < 4.78 is 5.75. The third kappa shape index (κ3) is 4.86. The molecule has 0 aliphatic heterocycles. The summed E-state index contributed by atoms with van der Waals surface area (Å²) in [7, 11) is 0. The van der Waals surface area contributed by atoms with Crippen LogP contribution >= 0.6 is 11.6 Å². The Morgan fingerprint density at radius 1 is 1.03 bits per heavy atom. The first-order valence-corrected chi connectivity index (χ1v) is 11.1. The lowest BCUT2D eigenvalue weighted by molar-refractivity contribution is 0.0695. The molecular weight excluding hydrogens is 462 g/mol. The van der Waals surface area contributed by atoms with Gasteiger partial charge in [-0.3, -0.25) is 4.98 Å². The smallest absolute Gasteiger partial charge is 0.336 e. The Hall–Kier alpha value is -4.60. The number of aromatic carboxylic acids is 1.